The summed E-state index contributed by atoms with van der Waals surface area (Å²) in [4.78, 5) is 14.5. The first-order chi connectivity index (χ1) is 13.3. The number of nitrogens with one attached hydrogen (secondary N) is 2. The molecule has 138 valence electrons. The molecule has 1 aliphatic rings. The van der Waals surface area contributed by atoms with Crippen LogP contribution in [0.4, 0.5) is 10.5 Å². The maximum atomic E-state index is 12.2. The highest BCUT2D eigenvalue weighted by Crippen LogP contribution is 2.23. The van der Waals surface area contributed by atoms with Crippen LogP contribution in [0.3, 0.4) is 0 Å². The van der Waals surface area contributed by atoms with E-state index in [1.807, 2.05) is 18.2 Å². The first kappa shape index (κ1) is 17.4. The number of para-hydroxylation sites is 1. The van der Waals surface area contributed by atoms with Crippen LogP contribution in [-0.2, 0) is 6.54 Å². The second-order valence-electron chi connectivity index (χ2n) is 7.18. The number of benzene rings is 3. The third-order valence-electron chi connectivity index (χ3n) is 5.23. The predicted octanol–water partition coefficient (Wildman–Crippen LogP) is 4.17. The Balaban J connectivity index is 1.23. The summed E-state index contributed by atoms with van der Waals surface area (Å²) < 4.78 is 0. The van der Waals surface area contributed by atoms with E-state index >= 15 is 0 Å². The van der Waals surface area contributed by atoms with Gasteiger partial charge in [-0.15, -0.1) is 0 Å². The molecule has 2 amide bonds. The van der Waals surface area contributed by atoms with Crippen molar-refractivity contribution < 1.29 is 4.79 Å². The van der Waals surface area contributed by atoms with Crippen LogP contribution in [0.25, 0.3) is 10.8 Å². The average Bonchev–Trinajstić information content (AvgIpc) is 3.20. The smallest absolute Gasteiger partial charge is 0.315 e. The predicted molar refractivity (Wildman–Crippen MR) is 111 cm³/mol. The molecule has 1 aliphatic heterocycles. The maximum absolute atomic E-state index is 12.2. The van der Waals surface area contributed by atoms with Gasteiger partial charge in [-0.25, -0.2) is 4.79 Å². The van der Waals surface area contributed by atoms with Gasteiger partial charge in [0.1, 0.15) is 0 Å². The molecule has 4 rings (SSSR count). The monoisotopic (exact) mass is 359 g/mol. The van der Waals surface area contributed by atoms with E-state index in [-0.39, 0.29) is 6.03 Å². The minimum Gasteiger partial charge on any atom is -0.371 e. The summed E-state index contributed by atoms with van der Waals surface area (Å²) in [6.45, 7) is 3.30. The zero-order chi connectivity index (χ0) is 18.5. The van der Waals surface area contributed by atoms with Crippen molar-refractivity contribution >= 4 is 22.5 Å². The van der Waals surface area contributed by atoms with Gasteiger partial charge in [-0.3, -0.25) is 0 Å². The second-order valence-corrected chi connectivity index (χ2v) is 7.18. The van der Waals surface area contributed by atoms with Crippen LogP contribution in [0, 0.1) is 5.92 Å². The van der Waals surface area contributed by atoms with Crippen LogP contribution in [0.1, 0.15) is 12.0 Å². The maximum Gasteiger partial charge on any atom is 0.315 e. The van der Waals surface area contributed by atoms with E-state index in [9.17, 15) is 4.79 Å². The van der Waals surface area contributed by atoms with E-state index in [0.717, 1.165) is 25.1 Å². The molecule has 0 bridgehead atoms. The fraction of sp³-hybridized carbons (Fsp3) is 0.261. The van der Waals surface area contributed by atoms with Crippen molar-refractivity contribution in [3.05, 3.63) is 78.4 Å². The van der Waals surface area contributed by atoms with E-state index in [4.69, 9.17) is 0 Å². The van der Waals surface area contributed by atoms with E-state index in [1.54, 1.807) is 0 Å². The standard InChI is InChI=1S/C23H25N3O/c27-23(24-15-18-10-11-20-6-4-5-7-21(20)14-18)25-16-19-12-13-26(17-19)22-8-2-1-3-9-22/h1-11,14,19H,12-13,15-17H2,(H2,24,25,27)/t19-/m1/s1. The van der Waals surface area contributed by atoms with Gasteiger partial charge in [-0.1, -0.05) is 54.6 Å². The molecule has 0 aliphatic carbocycles. The summed E-state index contributed by atoms with van der Waals surface area (Å²) in [7, 11) is 0. The molecule has 0 saturated carbocycles. The summed E-state index contributed by atoms with van der Waals surface area (Å²) in [5.41, 5.74) is 2.38. The minimum atomic E-state index is -0.0960. The van der Waals surface area contributed by atoms with Gasteiger partial charge in [0.2, 0.25) is 0 Å². The van der Waals surface area contributed by atoms with Crippen molar-refractivity contribution in [1.82, 2.24) is 10.6 Å². The number of rotatable bonds is 5. The number of fused-ring (bicyclic) bond motifs is 1. The number of hydrogen-bond acceptors (Lipinski definition) is 2. The molecule has 2 N–H and O–H groups in total. The molecule has 0 unspecified atom stereocenters. The molecule has 4 heteroatoms. The molecule has 1 saturated heterocycles. The van der Waals surface area contributed by atoms with Crippen LogP contribution in [0.5, 0.6) is 0 Å². The van der Waals surface area contributed by atoms with Crippen molar-refractivity contribution in [2.24, 2.45) is 5.92 Å². The lowest BCUT2D eigenvalue weighted by Crippen LogP contribution is -2.38. The lowest BCUT2D eigenvalue weighted by Gasteiger charge is -2.18. The molecule has 0 radical (unpaired) electrons. The number of carbonyl (C=O) groups excluding carboxylic acids is 1. The van der Waals surface area contributed by atoms with E-state index in [1.165, 1.54) is 16.5 Å². The third-order valence-corrected chi connectivity index (χ3v) is 5.23. The zero-order valence-electron chi connectivity index (χ0n) is 15.4. The summed E-state index contributed by atoms with van der Waals surface area (Å²) >= 11 is 0. The van der Waals surface area contributed by atoms with Crippen molar-refractivity contribution in [1.29, 1.82) is 0 Å². The summed E-state index contributed by atoms with van der Waals surface area (Å²) in [6, 6.07) is 24.9. The highest BCUT2D eigenvalue weighted by molar-refractivity contribution is 5.83. The first-order valence-electron chi connectivity index (χ1n) is 9.57. The average molecular weight is 359 g/mol. The van der Waals surface area contributed by atoms with Crippen molar-refractivity contribution in [2.45, 2.75) is 13.0 Å². The molecule has 3 aromatic carbocycles. The topological polar surface area (TPSA) is 44.4 Å². The van der Waals surface area contributed by atoms with Crippen molar-refractivity contribution in [3.63, 3.8) is 0 Å². The quantitative estimate of drug-likeness (QED) is 0.718. The molecule has 3 aromatic rings. The number of amides is 2. The number of urea groups is 1. The normalized spacial score (nSPS) is 16.4. The number of anilines is 1. The molecule has 0 spiro atoms. The minimum absolute atomic E-state index is 0.0960. The van der Waals surface area contributed by atoms with Gasteiger partial charge in [0, 0.05) is 31.9 Å². The SMILES string of the molecule is O=C(NCc1ccc2ccccc2c1)NC[C@H]1CCN(c2ccccc2)C1. The van der Waals surface area contributed by atoms with Gasteiger partial charge in [0.25, 0.3) is 0 Å². The van der Waals surface area contributed by atoms with E-state index < -0.39 is 0 Å². The Morgan fingerprint density at radius 2 is 1.70 bits per heavy atom. The molecule has 1 fully saturated rings. The highest BCUT2D eigenvalue weighted by Gasteiger charge is 2.22. The zero-order valence-corrected chi connectivity index (χ0v) is 15.4. The third kappa shape index (κ3) is 4.40. The fourth-order valence-corrected chi connectivity index (χ4v) is 3.70. The molecule has 1 atom stereocenters. The number of carbonyl (C=O) groups is 1. The lowest BCUT2D eigenvalue weighted by atomic mass is 10.1. The molecule has 27 heavy (non-hydrogen) atoms. The molecular weight excluding hydrogens is 334 g/mol. The van der Waals surface area contributed by atoms with Crippen LogP contribution >= 0.6 is 0 Å². The van der Waals surface area contributed by atoms with Gasteiger partial charge in [-0.05, 0) is 46.9 Å². The summed E-state index contributed by atoms with van der Waals surface area (Å²) in [5, 5.41) is 8.41. The Hall–Kier alpha value is -3.01. The Labute approximate surface area is 160 Å². The first-order valence-corrected chi connectivity index (χ1v) is 9.57. The number of hydrogen-bond donors (Lipinski definition) is 2. The van der Waals surface area contributed by atoms with Gasteiger partial charge < -0.3 is 15.5 Å². The van der Waals surface area contributed by atoms with Gasteiger partial charge >= 0.3 is 6.03 Å². The highest BCUT2D eigenvalue weighted by atomic mass is 16.2. The number of nitrogens with zero attached hydrogens (tertiary/aromatic N) is 1. The second kappa shape index (κ2) is 8.12. The molecule has 4 nitrogen and oxygen atoms in total. The Kier molecular flexibility index (Phi) is 5.24. The molecule has 1 heterocycles. The van der Waals surface area contributed by atoms with Crippen molar-refractivity contribution in [3.8, 4) is 0 Å². The van der Waals surface area contributed by atoms with Gasteiger partial charge in [-0.2, -0.15) is 0 Å². The lowest BCUT2D eigenvalue weighted by molar-refractivity contribution is 0.239. The van der Waals surface area contributed by atoms with Crippen LogP contribution in [-0.4, -0.2) is 25.7 Å². The fourth-order valence-electron chi connectivity index (χ4n) is 3.70. The molecular formula is C23H25N3O. The largest absolute Gasteiger partial charge is 0.371 e. The van der Waals surface area contributed by atoms with E-state index in [2.05, 4.69) is 70.1 Å². The van der Waals surface area contributed by atoms with Gasteiger partial charge in [0.05, 0.1) is 0 Å². The summed E-state index contributed by atoms with van der Waals surface area (Å²) in [6.07, 6.45) is 1.11. The van der Waals surface area contributed by atoms with Crippen LogP contribution in [0.2, 0.25) is 0 Å². The Bertz CT molecular complexity index is 910. The Morgan fingerprint density at radius 1 is 0.926 bits per heavy atom. The summed E-state index contributed by atoms with van der Waals surface area (Å²) in [5.74, 6) is 0.497. The van der Waals surface area contributed by atoms with E-state index in [0.29, 0.717) is 19.0 Å². The Morgan fingerprint density at radius 3 is 2.56 bits per heavy atom. The van der Waals surface area contributed by atoms with Crippen molar-refractivity contribution in [2.75, 3.05) is 24.5 Å². The van der Waals surface area contributed by atoms with Crippen LogP contribution in [0.15, 0.2) is 72.8 Å². The van der Waals surface area contributed by atoms with Crippen LogP contribution < -0.4 is 15.5 Å². The molecule has 0 aromatic heterocycles. The van der Waals surface area contributed by atoms with Gasteiger partial charge in [0.15, 0.2) is 0 Å².